The molecule has 2 aliphatic heterocycles. The zero-order valence-electron chi connectivity index (χ0n) is 22.6. The highest BCUT2D eigenvalue weighted by Crippen LogP contribution is 2.38. The SMILES string of the molecule is CCOC(=O)C1=C(C)N=c2s/c(=C\c3cccc(OCc4ccc(Cl)cc4Cl)c3)c(=O)n2[C@H]1c1ccc2c(c1)OCO2. The van der Waals surface area contributed by atoms with Gasteiger partial charge in [0.25, 0.3) is 5.56 Å². The Hall–Kier alpha value is -4.05. The molecule has 3 aromatic carbocycles. The number of rotatable bonds is 7. The zero-order chi connectivity index (χ0) is 29.4. The molecule has 1 atom stereocenters. The maximum atomic E-state index is 13.9. The average Bonchev–Trinajstić information content (AvgIpc) is 3.55. The second-order valence-corrected chi connectivity index (χ2v) is 11.4. The summed E-state index contributed by atoms with van der Waals surface area (Å²) < 4.78 is 24.4. The molecule has 0 spiro atoms. The van der Waals surface area contributed by atoms with Gasteiger partial charge in [-0.05, 0) is 67.4 Å². The summed E-state index contributed by atoms with van der Waals surface area (Å²) in [6.45, 7) is 4.04. The summed E-state index contributed by atoms with van der Waals surface area (Å²) in [5, 5.41) is 1.08. The number of carbonyl (C=O) groups excluding carboxylic acids is 1. The summed E-state index contributed by atoms with van der Waals surface area (Å²) in [5.41, 5.74) is 2.75. The van der Waals surface area contributed by atoms with Gasteiger partial charge in [0.2, 0.25) is 6.79 Å². The standard InChI is InChI=1S/C31H24Cl2N2O6S/c1-3-38-30(37)27-17(2)34-31-35(28(27)19-8-10-24-25(13-19)41-16-40-24)29(36)26(42-31)12-18-5-4-6-22(11-18)39-15-20-7-9-21(32)14-23(20)33/h4-14,28H,3,15-16H2,1-2H3/b26-12-/t28-/m0/s1. The molecule has 8 nitrogen and oxygen atoms in total. The number of hydrogen-bond acceptors (Lipinski definition) is 8. The maximum Gasteiger partial charge on any atom is 0.338 e. The number of allylic oxidation sites excluding steroid dienone is 1. The van der Waals surface area contributed by atoms with Gasteiger partial charge in [0.05, 0.1) is 28.5 Å². The lowest BCUT2D eigenvalue weighted by Crippen LogP contribution is -2.39. The predicted molar refractivity (Wildman–Crippen MR) is 160 cm³/mol. The summed E-state index contributed by atoms with van der Waals surface area (Å²) in [6.07, 6.45) is 1.78. The topological polar surface area (TPSA) is 88.4 Å². The number of esters is 1. The number of nitrogens with zero attached hydrogens (tertiary/aromatic N) is 2. The van der Waals surface area contributed by atoms with Crippen LogP contribution < -0.4 is 29.1 Å². The first kappa shape index (κ1) is 28.1. The van der Waals surface area contributed by atoms with Crippen molar-refractivity contribution in [3.63, 3.8) is 0 Å². The Kier molecular flexibility index (Phi) is 7.81. The number of carbonyl (C=O) groups is 1. The quantitative estimate of drug-likeness (QED) is 0.256. The maximum absolute atomic E-state index is 13.9. The molecule has 0 fully saturated rings. The smallest absolute Gasteiger partial charge is 0.338 e. The van der Waals surface area contributed by atoms with Gasteiger partial charge in [0, 0.05) is 15.6 Å². The number of thiazole rings is 1. The monoisotopic (exact) mass is 622 g/mol. The second-order valence-electron chi connectivity index (χ2n) is 9.51. The van der Waals surface area contributed by atoms with Crippen LogP contribution in [0.5, 0.6) is 17.2 Å². The molecule has 0 saturated carbocycles. The van der Waals surface area contributed by atoms with Crippen LogP contribution in [0.2, 0.25) is 10.0 Å². The molecule has 3 heterocycles. The molecule has 0 amide bonds. The van der Waals surface area contributed by atoms with Crippen molar-refractivity contribution in [3.8, 4) is 17.2 Å². The molecule has 1 aromatic heterocycles. The highest BCUT2D eigenvalue weighted by Gasteiger charge is 2.34. The molecule has 6 rings (SSSR count). The highest BCUT2D eigenvalue weighted by molar-refractivity contribution is 7.07. The van der Waals surface area contributed by atoms with Crippen LogP contribution >= 0.6 is 34.5 Å². The van der Waals surface area contributed by atoms with Gasteiger partial charge in [-0.1, -0.05) is 58.8 Å². The molecule has 0 unspecified atom stereocenters. The second kappa shape index (κ2) is 11.7. The van der Waals surface area contributed by atoms with E-state index in [2.05, 4.69) is 4.99 Å². The molecule has 0 aliphatic carbocycles. The average molecular weight is 624 g/mol. The number of halogens is 2. The number of hydrogen-bond donors (Lipinski definition) is 0. The van der Waals surface area contributed by atoms with Crippen molar-refractivity contribution < 1.29 is 23.7 Å². The van der Waals surface area contributed by atoms with Gasteiger partial charge < -0.3 is 18.9 Å². The van der Waals surface area contributed by atoms with Crippen molar-refractivity contribution in [3.05, 3.63) is 118 Å². The van der Waals surface area contributed by atoms with Crippen molar-refractivity contribution in [1.29, 1.82) is 0 Å². The Morgan fingerprint density at radius 2 is 1.95 bits per heavy atom. The van der Waals surface area contributed by atoms with E-state index in [-0.39, 0.29) is 25.6 Å². The van der Waals surface area contributed by atoms with E-state index >= 15 is 0 Å². The summed E-state index contributed by atoms with van der Waals surface area (Å²) in [6, 6.07) is 17.3. The van der Waals surface area contributed by atoms with Crippen molar-refractivity contribution in [2.24, 2.45) is 4.99 Å². The van der Waals surface area contributed by atoms with E-state index < -0.39 is 12.0 Å². The molecule has 42 heavy (non-hydrogen) atoms. The Bertz CT molecular complexity index is 1930. The van der Waals surface area contributed by atoms with Gasteiger partial charge in [0.15, 0.2) is 16.3 Å². The number of aromatic nitrogens is 1. The first-order valence-corrected chi connectivity index (χ1v) is 14.7. The summed E-state index contributed by atoms with van der Waals surface area (Å²) in [4.78, 5) is 32.2. The number of ether oxygens (including phenoxy) is 4. The van der Waals surface area contributed by atoms with Crippen molar-refractivity contribution >= 4 is 46.6 Å². The fraction of sp³-hybridized carbons (Fsp3) is 0.194. The van der Waals surface area contributed by atoms with Gasteiger partial charge in [-0.25, -0.2) is 9.79 Å². The summed E-state index contributed by atoms with van der Waals surface area (Å²) >= 11 is 13.5. The molecule has 11 heteroatoms. The van der Waals surface area contributed by atoms with Gasteiger partial charge in [-0.3, -0.25) is 9.36 Å². The van der Waals surface area contributed by atoms with Gasteiger partial charge in [-0.2, -0.15) is 0 Å². The third-order valence-electron chi connectivity index (χ3n) is 6.79. The fourth-order valence-electron chi connectivity index (χ4n) is 4.84. The van der Waals surface area contributed by atoms with E-state index in [1.165, 1.54) is 15.9 Å². The lowest BCUT2D eigenvalue weighted by Gasteiger charge is -2.24. The minimum atomic E-state index is -0.754. The normalized spacial score (nSPS) is 15.8. The van der Waals surface area contributed by atoms with Crippen LogP contribution in [0, 0.1) is 0 Å². The van der Waals surface area contributed by atoms with E-state index in [1.54, 1.807) is 44.2 Å². The first-order chi connectivity index (χ1) is 20.3. The van der Waals surface area contributed by atoms with Crippen LogP contribution in [-0.4, -0.2) is 23.9 Å². The van der Waals surface area contributed by atoms with Crippen LogP contribution in [-0.2, 0) is 16.1 Å². The molecule has 214 valence electrons. The zero-order valence-corrected chi connectivity index (χ0v) is 24.9. The Labute approximate surface area is 254 Å². The third-order valence-corrected chi connectivity index (χ3v) is 8.36. The van der Waals surface area contributed by atoms with Crippen LogP contribution in [0.4, 0.5) is 0 Å². The van der Waals surface area contributed by atoms with Crippen LogP contribution in [0.1, 0.15) is 36.6 Å². The lowest BCUT2D eigenvalue weighted by atomic mass is 9.95. The van der Waals surface area contributed by atoms with E-state index in [9.17, 15) is 9.59 Å². The first-order valence-electron chi connectivity index (χ1n) is 13.1. The van der Waals surface area contributed by atoms with Gasteiger partial charge >= 0.3 is 5.97 Å². The minimum Gasteiger partial charge on any atom is -0.489 e. The Morgan fingerprint density at radius 3 is 2.76 bits per heavy atom. The molecule has 0 bridgehead atoms. The van der Waals surface area contributed by atoms with Crippen molar-refractivity contribution in [2.75, 3.05) is 13.4 Å². The molecule has 4 aromatic rings. The van der Waals surface area contributed by atoms with E-state index in [1.807, 2.05) is 36.4 Å². The van der Waals surface area contributed by atoms with E-state index in [0.717, 1.165) is 11.1 Å². The van der Waals surface area contributed by atoms with Gasteiger partial charge in [-0.15, -0.1) is 0 Å². The largest absolute Gasteiger partial charge is 0.489 e. The third kappa shape index (κ3) is 5.43. The Morgan fingerprint density at radius 1 is 1.12 bits per heavy atom. The molecule has 2 aliphatic rings. The van der Waals surface area contributed by atoms with Gasteiger partial charge in [0.1, 0.15) is 12.4 Å². The highest BCUT2D eigenvalue weighted by atomic mass is 35.5. The fourth-order valence-corrected chi connectivity index (χ4v) is 6.35. The number of benzene rings is 3. The van der Waals surface area contributed by atoms with Crippen LogP contribution in [0.3, 0.4) is 0 Å². The van der Waals surface area contributed by atoms with Crippen molar-refractivity contribution in [2.45, 2.75) is 26.5 Å². The molecule has 0 N–H and O–H groups in total. The Balaban J connectivity index is 1.38. The molecule has 0 saturated heterocycles. The molecular weight excluding hydrogens is 599 g/mol. The summed E-state index contributed by atoms with van der Waals surface area (Å²) in [5.74, 6) is 1.23. The molecular formula is C31H24Cl2N2O6S. The lowest BCUT2D eigenvalue weighted by molar-refractivity contribution is -0.139. The minimum absolute atomic E-state index is 0.108. The van der Waals surface area contributed by atoms with E-state index in [0.29, 0.717) is 53.5 Å². The van der Waals surface area contributed by atoms with Crippen LogP contribution in [0.15, 0.2) is 81.7 Å². The van der Waals surface area contributed by atoms with E-state index in [4.69, 9.17) is 42.1 Å². The van der Waals surface area contributed by atoms with Crippen molar-refractivity contribution in [1.82, 2.24) is 4.57 Å². The molecule has 0 radical (unpaired) electrons. The van der Waals surface area contributed by atoms with Crippen LogP contribution in [0.25, 0.3) is 6.08 Å². The summed E-state index contributed by atoms with van der Waals surface area (Å²) in [7, 11) is 0. The number of fused-ring (bicyclic) bond motifs is 2. The predicted octanol–water partition coefficient (Wildman–Crippen LogP) is 5.41.